The Morgan fingerprint density at radius 2 is 1.75 bits per heavy atom. The molecule has 6 atom stereocenters. The van der Waals surface area contributed by atoms with E-state index in [0.29, 0.717) is 39.8 Å². The number of hydrogen-bond donors (Lipinski definition) is 8. The average molecular weight is 1150 g/mol. The lowest BCUT2D eigenvalue weighted by Gasteiger charge is -2.31. The van der Waals surface area contributed by atoms with E-state index in [1.165, 1.54) is 42.6 Å². The zero-order valence-corrected chi connectivity index (χ0v) is 45.6. The highest BCUT2D eigenvalue weighted by atomic mass is 31.3. The number of carboxylic acids is 1. The Bertz CT molecular complexity index is 3680. The van der Waals surface area contributed by atoms with E-state index in [-0.39, 0.29) is 64.5 Å². The number of nitro groups is 1. The molecule has 2 aliphatic heterocycles. The van der Waals surface area contributed by atoms with Crippen molar-refractivity contribution in [2.24, 2.45) is 10.4 Å². The third kappa shape index (κ3) is 14.6. The zero-order chi connectivity index (χ0) is 57.9. The minimum absolute atomic E-state index is 0.0587. The number of nitrogens with two attached hydrogens (primary N) is 1. The van der Waals surface area contributed by atoms with Crippen molar-refractivity contribution in [3.05, 3.63) is 133 Å². The van der Waals surface area contributed by atoms with Gasteiger partial charge in [0.15, 0.2) is 0 Å². The first-order chi connectivity index (χ1) is 36.9. The molecular weight excluding hydrogens is 1100 g/mol. The lowest BCUT2D eigenvalue weighted by atomic mass is 9.83. The number of benzene rings is 4. The fourth-order valence-electron chi connectivity index (χ4n) is 8.50. The summed E-state index contributed by atoms with van der Waals surface area (Å²) < 4.78 is 66.0. The molecule has 3 aromatic carbocycles. The minimum Gasteiger partial charge on any atom is -0.478 e. The fourth-order valence-corrected chi connectivity index (χ4v) is 11.5. The molecule has 3 aliphatic rings. The van der Waals surface area contributed by atoms with Crippen molar-refractivity contribution in [3.8, 4) is 34.3 Å². The van der Waals surface area contributed by atoms with Gasteiger partial charge in [0, 0.05) is 90.3 Å². The molecule has 1 aliphatic carbocycles. The van der Waals surface area contributed by atoms with Crippen LogP contribution < -0.4 is 27.0 Å². The second kappa shape index (κ2) is 23.8. The summed E-state index contributed by atoms with van der Waals surface area (Å²) in [6, 6.07) is 19.4. The minimum atomic E-state index is -5.83. The number of aromatic carboxylic acids is 1. The number of aromatic nitrogens is 2. The monoisotopic (exact) mass is 1150 g/mol. The molecule has 0 bridgehead atoms. The van der Waals surface area contributed by atoms with E-state index in [9.17, 15) is 58.2 Å². The number of nitro benzene ring substituents is 1. The maximum atomic E-state index is 13.7. The molecule has 9 N–H and O–H groups in total. The quantitative estimate of drug-likeness (QED) is 0.0151. The van der Waals surface area contributed by atoms with Gasteiger partial charge in [0.2, 0.25) is 0 Å². The van der Waals surface area contributed by atoms with Crippen LogP contribution in [0.3, 0.4) is 0 Å². The van der Waals surface area contributed by atoms with Crippen LogP contribution in [0.4, 0.5) is 17.2 Å². The number of nitrogens with zero attached hydrogens (tertiary/aromatic N) is 5. The molecule has 3 unspecified atom stereocenters. The largest absolute Gasteiger partial charge is 0.490 e. The maximum Gasteiger partial charge on any atom is 0.490 e. The molecule has 1 saturated heterocycles. The summed E-state index contributed by atoms with van der Waals surface area (Å²) in [4.78, 5) is 98.4. The molecule has 7 rings (SSSR count). The summed E-state index contributed by atoms with van der Waals surface area (Å²) in [5.74, 6) is 4.01. The van der Waals surface area contributed by atoms with Crippen LogP contribution in [0.5, 0.6) is 0 Å². The second-order valence-electron chi connectivity index (χ2n) is 19.0. The number of amides is 1. The Morgan fingerprint density at radius 1 is 1.01 bits per heavy atom. The van der Waals surface area contributed by atoms with Crippen LogP contribution in [0.2, 0.25) is 0 Å². The molecule has 30 heteroatoms. The zero-order valence-electron chi connectivity index (χ0n) is 42.9. The number of anilines is 2. The Balaban J connectivity index is 1.07. The van der Waals surface area contributed by atoms with Crippen molar-refractivity contribution in [1.82, 2.24) is 14.9 Å². The van der Waals surface area contributed by atoms with E-state index in [2.05, 4.69) is 40.3 Å². The van der Waals surface area contributed by atoms with Gasteiger partial charge in [0.1, 0.15) is 29.5 Å². The number of carbonyl (C=O) groups is 2. The Hall–Kier alpha value is -6.98. The van der Waals surface area contributed by atoms with Crippen LogP contribution in [0, 0.1) is 27.4 Å². The standard InChI is InChI=1S/C49H54N7O20P3/c1-7-51-30-12-16-34-39(21-30)73-40-22-31(54(5)6)13-17-35(40)43(34)36-20-28(11-15-32(36)47(59)60)46(58)52-18-8-9-27-10-14-33(37(19-27)56(62)63)44(49(2,3)4)71-25-29-24-55(48(61)53-45(29)50)42-23-38(57)41(74-42)26-72-78(67,68)76-79(69,70)75-77(64,65)66/h10-17,19-22,24,38,41-42,44,57H,7,18,23,25-26H2,1-6H3,(H,52,58)(H,59,60)(H,67,68)(H,69,70)(H2,50,53,61)(H2,64,65,66)/t38-,41-,42-,44?/m1/s1. The van der Waals surface area contributed by atoms with Crippen molar-refractivity contribution in [3.63, 3.8) is 0 Å². The van der Waals surface area contributed by atoms with Gasteiger partial charge in [-0.25, -0.2) is 23.3 Å². The summed E-state index contributed by atoms with van der Waals surface area (Å²) in [5.41, 5.74) is 7.18. The van der Waals surface area contributed by atoms with Gasteiger partial charge in [-0.15, -0.1) is 0 Å². The number of nitrogens with one attached hydrogen (secondary N) is 1. The number of phosphoric acid groups is 3. The molecule has 0 radical (unpaired) electrons. The number of carbonyl (C=O) groups excluding carboxylic acids is 1. The molecule has 3 heterocycles. The molecule has 1 fully saturated rings. The van der Waals surface area contributed by atoms with Crippen LogP contribution in [0.25, 0.3) is 33.4 Å². The predicted molar refractivity (Wildman–Crippen MR) is 282 cm³/mol. The van der Waals surface area contributed by atoms with Gasteiger partial charge in [-0.1, -0.05) is 32.6 Å². The Kier molecular flexibility index (Phi) is 18.0. The summed E-state index contributed by atoms with van der Waals surface area (Å²) in [6.45, 7) is 6.11. The Morgan fingerprint density at radius 3 is 2.41 bits per heavy atom. The van der Waals surface area contributed by atoms with Gasteiger partial charge in [-0.2, -0.15) is 13.6 Å². The number of hydrogen-bond acceptors (Lipinski definition) is 19. The highest BCUT2D eigenvalue weighted by Crippen LogP contribution is 2.66. The van der Waals surface area contributed by atoms with Crippen LogP contribution in [0.1, 0.15) is 83.9 Å². The molecule has 4 aromatic rings. The number of aliphatic hydroxyl groups is 1. The third-order valence-corrected chi connectivity index (χ3v) is 15.8. The molecule has 1 aromatic heterocycles. The first-order valence-electron chi connectivity index (χ1n) is 23.7. The number of phosphoric ester groups is 1. The smallest absolute Gasteiger partial charge is 0.478 e. The molecule has 79 heavy (non-hydrogen) atoms. The van der Waals surface area contributed by atoms with E-state index in [4.69, 9.17) is 29.4 Å². The second-order valence-corrected chi connectivity index (χ2v) is 23.4. The molecule has 27 nitrogen and oxygen atoms in total. The van der Waals surface area contributed by atoms with Gasteiger partial charge >= 0.3 is 35.1 Å². The highest BCUT2D eigenvalue weighted by molar-refractivity contribution is 7.66. The first kappa shape index (κ1) is 59.7. The number of ether oxygens (including phenoxy) is 2. The van der Waals surface area contributed by atoms with Gasteiger partial charge in [0.25, 0.3) is 11.6 Å². The van der Waals surface area contributed by atoms with Crippen LogP contribution >= 0.6 is 23.5 Å². The first-order valence-corrected chi connectivity index (χ1v) is 28.2. The average Bonchev–Trinajstić information content (AvgIpc) is 3.73. The SMILES string of the molecule is CCN=c1ccc2c(-c3cc(C(=O)NCC#Cc4ccc(C(OCc5cn([C@H]6C[C@@H](O)[C@@H](COP(=O)(O)OP(=O)(O)OP(=O)(O)O)O6)c(=O)nc5N)C(C)(C)C)c([N+](=O)[O-])c4)ccc3C(=O)O)c3ccc(N(C)C)cc3oc-2c1. The van der Waals surface area contributed by atoms with Gasteiger partial charge in [-0.05, 0) is 72.5 Å². The number of nitrogen functional groups attached to an aromatic ring is 1. The number of rotatable bonds is 19. The van der Waals surface area contributed by atoms with Crippen molar-refractivity contribution in [2.75, 3.05) is 44.4 Å². The molecule has 0 spiro atoms. The van der Waals surface area contributed by atoms with E-state index in [1.807, 2.05) is 44.1 Å². The summed E-state index contributed by atoms with van der Waals surface area (Å²) in [5, 5.41) is 37.6. The van der Waals surface area contributed by atoms with E-state index < -0.39 is 82.5 Å². The molecular formula is C49H54N7O20P3. The lowest BCUT2D eigenvalue weighted by molar-refractivity contribution is -0.386. The van der Waals surface area contributed by atoms with Crippen molar-refractivity contribution < 1.29 is 85.0 Å². The summed E-state index contributed by atoms with van der Waals surface area (Å²) in [7, 11) is -13.3. The van der Waals surface area contributed by atoms with E-state index in [0.717, 1.165) is 10.3 Å². The van der Waals surface area contributed by atoms with Crippen LogP contribution in [0.15, 0.2) is 93.2 Å². The number of carboxylic acid groups (broad SMARTS) is 1. The third-order valence-electron chi connectivity index (χ3n) is 12.0. The van der Waals surface area contributed by atoms with Crippen LogP contribution in [-0.2, 0) is 42.9 Å². The van der Waals surface area contributed by atoms with E-state index in [1.54, 1.807) is 39.0 Å². The summed E-state index contributed by atoms with van der Waals surface area (Å²) >= 11 is 0. The van der Waals surface area contributed by atoms with Crippen molar-refractivity contribution >= 4 is 63.5 Å². The van der Waals surface area contributed by atoms with Gasteiger partial charge < -0.3 is 59.6 Å². The van der Waals surface area contributed by atoms with Crippen molar-refractivity contribution in [1.29, 1.82) is 0 Å². The van der Waals surface area contributed by atoms with Crippen LogP contribution in [-0.4, -0.2) is 102 Å². The van der Waals surface area contributed by atoms with E-state index >= 15 is 0 Å². The van der Waals surface area contributed by atoms with Gasteiger partial charge in [0.05, 0.1) is 53.4 Å². The highest BCUT2D eigenvalue weighted by Gasteiger charge is 2.43. The predicted octanol–water partition coefficient (Wildman–Crippen LogP) is 6.01. The van der Waals surface area contributed by atoms with Gasteiger partial charge in [-0.3, -0.25) is 29.0 Å². The topological polar surface area (TPSA) is 398 Å². The molecule has 1 amide bonds. The van der Waals surface area contributed by atoms with Crippen molar-refractivity contribution in [2.45, 2.75) is 65.3 Å². The number of fused-ring (bicyclic) bond motifs is 2. The normalized spacial score (nSPS) is 17.9. The molecule has 420 valence electrons. The summed E-state index contributed by atoms with van der Waals surface area (Å²) in [6.07, 6.45) is -4.43. The Labute approximate surface area is 449 Å². The fraction of sp³-hybridized carbons (Fsp3) is 0.327. The maximum absolute atomic E-state index is 13.7. The number of aliphatic hydroxyl groups excluding tert-OH is 1. The lowest BCUT2D eigenvalue weighted by Crippen LogP contribution is -2.30. The molecule has 0 saturated carbocycles.